The second kappa shape index (κ2) is 9.23. The number of ether oxygens (including phenoxy) is 2. The molecule has 0 unspecified atom stereocenters. The quantitative estimate of drug-likeness (QED) is 0.744. The molecule has 2 rings (SSSR count). The van der Waals surface area contributed by atoms with E-state index in [1.54, 1.807) is 25.3 Å². The van der Waals surface area contributed by atoms with E-state index in [4.69, 9.17) is 9.47 Å². The Bertz CT molecular complexity index is 720. The maximum atomic E-state index is 12.7. The van der Waals surface area contributed by atoms with Gasteiger partial charge in [-0.2, -0.15) is 0 Å². The standard InChI is InChI=1S/C18H28N2O5S/c1-4-5-11-26(22,23)20-10-6-7-14(13-20)18(21)19-16-9-8-15(24-2)12-17(16)25-3/h8-9,12,14H,4-7,10-11,13H2,1-3H3,(H,19,21)/t14-/m1/s1. The van der Waals surface area contributed by atoms with Crippen LogP contribution in [0.4, 0.5) is 5.69 Å². The number of benzene rings is 1. The molecule has 1 fully saturated rings. The Balaban J connectivity index is 2.05. The van der Waals surface area contributed by atoms with E-state index in [2.05, 4.69) is 5.32 Å². The Labute approximate surface area is 155 Å². The summed E-state index contributed by atoms with van der Waals surface area (Å²) in [6, 6.07) is 5.15. The predicted molar refractivity (Wildman–Crippen MR) is 101 cm³/mol. The zero-order valence-electron chi connectivity index (χ0n) is 15.7. The van der Waals surface area contributed by atoms with Crippen LogP contribution in [-0.2, 0) is 14.8 Å². The molecule has 0 saturated carbocycles. The molecule has 1 saturated heterocycles. The fourth-order valence-electron chi connectivity index (χ4n) is 3.00. The highest BCUT2D eigenvalue weighted by molar-refractivity contribution is 7.89. The lowest BCUT2D eigenvalue weighted by atomic mass is 9.98. The number of methoxy groups -OCH3 is 2. The van der Waals surface area contributed by atoms with Gasteiger partial charge < -0.3 is 14.8 Å². The van der Waals surface area contributed by atoms with Gasteiger partial charge in [0.2, 0.25) is 15.9 Å². The molecule has 0 aromatic heterocycles. The van der Waals surface area contributed by atoms with Crippen LogP contribution in [-0.4, -0.2) is 51.7 Å². The van der Waals surface area contributed by atoms with Crippen molar-refractivity contribution in [2.24, 2.45) is 5.92 Å². The first-order valence-corrected chi connectivity index (χ1v) is 10.5. The minimum Gasteiger partial charge on any atom is -0.497 e. The average Bonchev–Trinajstić information content (AvgIpc) is 2.66. The maximum absolute atomic E-state index is 12.7. The van der Waals surface area contributed by atoms with E-state index in [0.29, 0.717) is 43.0 Å². The third-order valence-corrected chi connectivity index (χ3v) is 6.49. The van der Waals surface area contributed by atoms with E-state index in [-0.39, 0.29) is 24.1 Å². The van der Waals surface area contributed by atoms with E-state index < -0.39 is 10.0 Å². The molecule has 1 aliphatic heterocycles. The summed E-state index contributed by atoms with van der Waals surface area (Å²) >= 11 is 0. The van der Waals surface area contributed by atoms with Gasteiger partial charge in [-0.25, -0.2) is 12.7 Å². The SMILES string of the molecule is CCCCS(=O)(=O)N1CCC[C@@H](C(=O)Nc2ccc(OC)cc2OC)C1. The summed E-state index contributed by atoms with van der Waals surface area (Å²) in [5.74, 6) is 0.715. The van der Waals surface area contributed by atoms with Crippen molar-refractivity contribution in [3.8, 4) is 11.5 Å². The lowest BCUT2D eigenvalue weighted by Crippen LogP contribution is -2.44. The predicted octanol–water partition coefficient (Wildman–Crippen LogP) is 2.48. The second-order valence-electron chi connectivity index (χ2n) is 6.42. The molecule has 26 heavy (non-hydrogen) atoms. The van der Waals surface area contributed by atoms with Crippen LogP contribution in [0.15, 0.2) is 18.2 Å². The van der Waals surface area contributed by atoms with Crippen LogP contribution >= 0.6 is 0 Å². The Morgan fingerprint density at radius 3 is 2.73 bits per heavy atom. The Morgan fingerprint density at radius 1 is 1.31 bits per heavy atom. The van der Waals surface area contributed by atoms with Gasteiger partial charge in [0.05, 0.1) is 31.6 Å². The Kier molecular flexibility index (Phi) is 7.28. The number of hydrogen-bond donors (Lipinski definition) is 1. The molecule has 0 bridgehead atoms. The van der Waals surface area contributed by atoms with Gasteiger partial charge >= 0.3 is 0 Å². The highest BCUT2D eigenvalue weighted by Crippen LogP contribution is 2.30. The van der Waals surface area contributed by atoms with Crippen LogP contribution in [0, 0.1) is 5.92 Å². The number of anilines is 1. The molecule has 0 radical (unpaired) electrons. The summed E-state index contributed by atoms with van der Waals surface area (Å²) in [5, 5.41) is 2.86. The number of carbonyl (C=O) groups is 1. The monoisotopic (exact) mass is 384 g/mol. The van der Waals surface area contributed by atoms with Crippen molar-refractivity contribution in [2.75, 3.05) is 38.4 Å². The lowest BCUT2D eigenvalue weighted by Gasteiger charge is -2.31. The summed E-state index contributed by atoms with van der Waals surface area (Å²) in [6.45, 7) is 2.68. The summed E-state index contributed by atoms with van der Waals surface area (Å²) in [7, 11) is -0.215. The van der Waals surface area contributed by atoms with Crippen molar-refractivity contribution in [3.05, 3.63) is 18.2 Å². The molecule has 1 aromatic carbocycles. The van der Waals surface area contributed by atoms with Gasteiger partial charge in [-0.3, -0.25) is 4.79 Å². The number of rotatable bonds is 8. The highest BCUT2D eigenvalue weighted by atomic mass is 32.2. The molecule has 1 amide bonds. The van der Waals surface area contributed by atoms with Gasteiger partial charge in [0.15, 0.2) is 0 Å². The van der Waals surface area contributed by atoms with Crippen molar-refractivity contribution in [3.63, 3.8) is 0 Å². The average molecular weight is 384 g/mol. The van der Waals surface area contributed by atoms with E-state index >= 15 is 0 Å². The molecule has 0 spiro atoms. The molecule has 8 heteroatoms. The maximum Gasteiger partial charge on any atom is 0.228 e. The summed E-state index contributed by atoms with van der Waals surface area (Å²) in [4.78, 5) is 12.7. The molecule has 0 aliphatic carbocycles. The zero-order valence-corrected chi connectivity index (χ0v) is 16.5. The number of hydrogen-bond acceptors (Lipinski definition) is 5. The topological polar surface area (TPSA) is 84.9 Å². The van der Waals surface area contributed by atoms with Gasteiger partial charge in [-0.15, -0.1) is 0 Å². The van der Waals surface area contributed by atoms with Crippen LogP contribution in [0.25, 0.3) is 0 Å². The molecule has 7 nitrogen and oxygen atoms in total. The van der Waals surface area contributed by atoms with E-state index in [9.17, 15) is 13.2 Å². The van der Waals surface area contributed by atoms with Gasteiger partial charge in [0.1, 0.15) is 11.5 Å². The molecule has 1 heterocycles. The molecule has 146 valence electrons. The smallest absolute Gasteiger partial charge is 0.228 e. The molecule has 1 aliphatic rings. The fraction of sp³-hybridized carbons (Fsp3) is 0.611. The number of sulfonamides is 1. The lowest BCUT2D eigenvalue weighted by molar-refractivity contribution is -0.120. The van der Waals surface area contributed by atoms with E-state index in [0.717, 1.165) is 6.42 Å². The first-order chi connectivity index (χ1) is 12.4. The van der Waals surface area contributed by atoms with Crippen LogP contribution < -0.4 is 14.8 Å². The van der Waals surface area contributed by atoms with Crippen LogP contribution in [0.3, 0.4) is 0 Å². The normalized spacial score (nSPS) is 18.3. The molecule has 1 N–H and O–H groups in total. The fourth-order valence-corrected chi connectivity index (χ4v) is 4.73. The Morgan fingerprint density at radius 2 is 2.08 bits per heavy atom. The van der Waals surface area contributed by atoms with Gasteiger partial charge in [-0.05, 0) is 31.4 Å². The number of carbonyl (C=O) groups excluding carboxylic acids is 1. The third kappa shape index (κ3) is 5.11. The number of unbranched alkanes of at least 4 members (excludes halogenated alkanes) is 1. The van der Waals surface area contributed by atoms with Crippen molar-refractivity contribution >= 4 is 21.6 Å². The van der Waals surface area contributed by atoms with Crippen LogP contribution in [0.2, 0.25) is 0 Å². The second-order valence-corrected chi connectivity index (χ2v) is 8.51. The number of amides is 1. The summed E-state index contributed by atoms with van der Waals surface area (Å²) < 4.78 is 36.7. The van der Waals surface area contributed by atoms with Crippen molar-refractivity contribution in [2.45, 2.75) is 32.6 Å². The summed E-state index contributed by atoms with van der Waals surface area (Å²) in [6.07, 6.45) is 2.82. The number of nitrogens with zero attached hydrogens (tertiary/aromatic N) is 1. The minimum absolute atomic E-state index is 0.143. The third-order valence-electron chi connectivity index (χ3n) is 4.57. The van der Waals surface area contributed by atoms with Crippen molar-refractivity contribution in [1.82, 2.24) is 4.31 Å². The van der Waals surface area contributed by atoms with Crippen LogP contribution in [0.1, 0.15) is 32.6 Å². The zero-order chi connectivity index (χ0) is 19.2. The largest absolute Gasteiger partial charge is 0.497 e. The van der Waals surface area contributed by atoms with E-state index in [1.807, 2.05) is 6.92 Å². The van der Waals surface area contributed by atoms with Crippen LogP contribution in [0.5, 0.6) is 11.5 Å². The molecular weight excluding hydrogens is 356 g/mol. The molecule has 1 atom stereocenters. The first kappa shape index (κ1) is 20.5. The highest BCUT2D eigenvalue weighted by Gasteiger charge is 2.32. The molecular formula is C18H28N2O5S. The minimum atomic E-state index is -3.29. The molecule has 1 aromatic rings. The van der Waals surface area contributed by atoms with Crippen molar-refractivity contribution in [1.29, 1.82) is 0 Å². The first-order valence-electron chi connectivity index (χ1n) is 8.92. The van der Waals surface area contributed by atoms with E-state index in [1.165, 1.54) is 11.4 Å². The number of piperidine rings is 1. The van der Waals surface area contributed by atoms with Crippen molar-refractivity contribution < 1.29 is 22.7 Å². The van der Waals surface area contributed by atoms with Gasteiger partial charge in [0, 0.05) is 19.2 Å². The van der Waals surface area contributed by atoms with Gasteiger partial charge in [-0.1, -0.05) is 13.3 Å². The van der Waals surface area contributed by atoms with Gasteiger partial charge in [0.25, 0.3) is 0 Å². The Hall–Kier alpha value is -1.80. The number of nitrogens with one attached hydrogen (secondary N) is 1. The summed E-state index contributed by atoms with van der Waals surface area (Å²) in [5.41, 5.74) is 0.546.